The number of anilines is 1. The SMILES string of the molecule is CN(c1nn2c(=O)ccnc2s1)[C@@H]1CCC[C@H]1c1ccc(C(F)(F)F)cc1. The highest BCUT2D eigenvalue weighted by molar-refractivity contribution is 7.20. The van der Waals surface area contributed by atoms with Crippen LogP contribution in [0.2, 0.25) is 0 Å². The second kappa shape index (κ2) is 6.63. The molecule has 1 saturated carbocycles. The van der Waals surface area contributed by atoms with Gasteiger partial charge >= 0.3 is 6.18 Å². The number of nitrogens with zero attached hydrogens (tertiary/aromatic N) is 4. The van der Waals surface area contributed by atoms with Crippen LogP contribution in [0.25, 0.3) is 4.96 Å². The number of hydrogen-bond donors (Lipinski definition) is 0. The highest BCUT2D eigenvalue weighted by Crippen LogP contribution is 2.40. The van der Waals surface area contributed by atoms with Crippen molar-refractivity contribution >= 4 is 21.4 Å². The largest absolute Gasteiger partial charge is 0.416 e. The third-order valence-electron chi connectivity index (χ3n) is 5.10. The van der Waals surface area contributed by atoms with Gasteiger partial charge in [0.2, 0.25) is 10.1 Å². The van der Waals surface area contributed by atoms with Gasteiger partial charge in [-0.3, -0.25) is 4.79 Å². The van der Waals surface area contributed by atoms with Crippen molar-refractivity contribution < 1.29 is 13.2 Å². The molecule has 1 aromatic carbocycles. The zero-order chi connectivity index (χ0) is 19.2. The summed E-state index contributed by atoms with van der Waals surface area (Å²) in [6, 6.07) is 6.90. The molecule has 3 aromatic rings. The van der Waals surface area contributed by atoms with Crippen LogP contribution in [-0.2, 0) is 6.18 Å². The molecule has 0 aliphatic heterocycles. The maximum absolute atomic E-state index is 12.8. The summed E-state index contributed by atoms with van der Waals surface area (Å²) in [4.78, 5) is 18.6. The van der Waals surface area contributed by atoms with E-state index in [0.717, 1.165) is 37.0 Å². The maximum Gasteiger partial charge on any atom is 0.416 e. The van der Waals surface area contributed by atoms with Crippen molar-refractivity contribution in [1.82, 2.24) is 14.6 Å². The Morgan fingerprint density at radius 3 is 2.59 bits per heavy atom. The van der Waals surface area contributed by atoms with Crippen LogP contribution in [0.3, 0.4) is 0 Å². The molecule has 0 spiro atoms. The molecule has 27 heavy (non-hydrogen) atoms. The minimum absolute atomic E-state index is 0.109. The van der Waals surface area contributed by atoms with Crippen molar-refractivity contribution in [3.63, 3.8) is 0 Å². The van der Waals surface area contributed by atoms with Crippen molar-refractivity contribution in [2.45, 2.75) is 37.4 Å². The van der Waals surface area contributed by atoms with Crippen LogP contribution >= 0.6 is 11.3 Å². The van der Waals surface area contributed by atoms with E-state index in [1.165, 1.54) is 28.1 Å². The molecule has 1 fully saturated rings. The Morgan fingerprint density at radius 2 is 1.93 bits per heavy atom. The molecule has 2 aromatic heterocycles. The van der Waals surface area contributed by atoms with E-state index < -0.39 is 11.7 Å². The molecular weight excluding hydrogens is 377 g/mol. The van der Waals surface area contributed by atoms with Crippen LogP contribution in [0.1, 0.15) is 36.3 Å². The van der Waals surface area contributed by atoms with E-state index in [4.69, 9.17) is 0 Å². The van der Waals surface area contributed by atoms with Crippen LogP contribution in [0.15, 0.2) is 41.3 Å². The molecule has 5 nitrogen and oxygen atoms in total. The van der Waals surface area contributed by atoms with Crippen molar-refractivity contribution in [3.8, 4) is 0 Å². The van der Waals surface area contributed by atoms with E-state index in [-0.39, 0.29) is 17.5 Å². The predicted octanol–water partition coefficient (Wildman–Crippen LogP) is 3.94. The van der Waals surface area contributed by atoms with Crippen LogP contribution in [0, 0.1) is 0 Å². The summed E-state index contributed by atoms with van der Waals surface area (Å²) in [5.41, 5.74) is 0.0288. The Hall–Kier alpha value is -2.42. The standard InChI is InChI=1S/C18H17F3N4OS/c1-24(17-23-25-15(26)9-10-22-16(25)27-17)14-4-2-3-13(14)11-5-7-12(8-6-11)18(19,20)21/h5-10,13-14H,2-4H2,1H3/t13-,14+/m0/s1. The normalized spacial score (nSPS) is 20.3. The van der Waals surface area contributed by atoms with Crippen LogP contribution in [0.4, 0.5) is 18.3 Å². The Labute approximate surface area is 157 Å². The summed E-state index contributed by atoms with van der Waals surface area (Å²) in [6.45, 7) is 0. The van der Waals surface area contributed by atoms with Gasteiger partial charge in [0.1, 0.15) is 0 Å². The number of halogens is 3. The van der Waals surface area contributed by atoms with Crippen molar-refractivity contribution in [2.24, 2.45) is 0 Å². The highest BCUT2D eigenvalue weighted by Gasteiger charge is 2.34. The van der Waals surface area contributed by atoms with Crippen molar-refractivity contribution in [1.29, 1.82) is 0 Å². The molecule has 2 heterocycles. The summed E-state index contributed by atoms with van der Waals surface area (Å²) < 4.78 is 39.7. The number of alkyl halides is 3. The molecule has 2 atom stereocenters. The van der Waals surface area contributed by atoms with E-state index in [1.807, 2.05) is 11.9 Å². The summed E-state index contributed by atoms with van der Waals surface area (Å²) >= 11 is 1.33. The Morgan fingerprint density at radius 1 is 1.19 bits per heavy atom. The van der Waals surface area contributed by atoms with Crippen LogP contribution < -0.4 is 10.5 Å². The lowest BCUT2D eigenvalue weighted by atomic mass is 9.92. The molecule has 1 aliphatic carbocycles. The fourth-order valence-electron chi connectivity index (χ4n) is 3.73. The van der Waals surface area contributed by atoms with Gasteiger partial charge in [-0.05, 0) is 30.5 Å². The third kappa shape index (κ3) is 3.31. The van der Waals surface area contributed by atoms with E-state index in [1.54, 1.807) is 12.1 Å². The summed E-state index contributed by atoms with van der Waals surface area (Å²) in [6.07, 6.45) is -0.0560. The quantitative estimate of drug-likeness (QED) is 0.675. The zero-order valence-electron chi connectivity index (χ0n) is 14.5. The zero-order valence-corrected chi connectivity index (χ0v) is 15.3. The summed E-state index contributed by atoms with van der Waals surface area (Å²) in [5.74, 6) is 0.119. The number of hydrogen-bond acceptors (Lipinski definition) is 5. The molecule has 0 unspecified atom stereocenters. The van der Waals surface area contributed by atoms with E-state index >= 15 is 0 Å². The summed E-state index contributed by atoms with van der Waals surface area (Å²) in [5, 5.41) is 5.04. The van der Waals surface area contributed by atoms with Gasteiger partial charge in [0, 0.05) is 31.3 Å². The van der Waals surface area contributed by atoms with Crippen molar-refractivity contribution in [3.05, 3.63) is 58.0 Å². The Balaban J connectivity index is 1.62. The molecule has 1 aliphatic rings. The van der Waals surface area contributed by atoms with Gasteiger partial charge < -0.3 is 4.90 Å². The highest BCUT2D eigenvalue weighted by atomic mass is 32.1. The molecule has 0 N–H and O–H groups in total. The van der Waals surface area contributed by atoms with Gasteiger partial charge in [0.05, 0.1) is 5.56 Å². The second-order valence-corrected chi connectivity index (χ2v) is 7.63. The fraction of sp³-hybridized carbons (Fsp3) is 0.389. The number of aromatic nitrogens is 3. The lowest BCUT2D eigenvalue weighted by Gasteiger charge is -2.29. The summed E-state index contributed by atoms with van der Waals surface area (Å²) in [7, 11) is 1.91. The monoisotopic (exact) mass is 394 g/mol. The smallest absolute Gasteiger partial charge is 0.346 e. The third-order valence-corrected chi connectivity index (χ3v) is 6.12. The second-order valence-electron chi connectivity index (χ2n) is 6.70. The van der Waals surface area contributed by atoms with Gasteiger partial charge in [-0.15, -0.1) is 5.10 Å². The Bertz CT molecular complexity index is 1010. The van der Waals surface area contributed by atoms with Gasteiger partial charge in [0.25, 0.3) is 5.56 Å². The first-order chi connectivity index (χ1) is 12.8. The Kier molecular flexibility index (Phi) is 4.41. The number of benzene rings is 1. The minimum Gasteiger partial charge on any atom is -0.346 e. The molecule has 0 radical (unpaired) electrons. The van der Waals surface area contributed by atoms with E-state index in [2.05, 4.69) is 10.1 Å². The first-order valence-corrected chi connectivity index (χ1v) is 9.41. The van der Waals surface area contributed by atoms with Crippen LogP contribution in [-0.4, -0.2) is 27.7 Å². The number of rotatable bonds is 3. The lowest BCUT2D eigenvalue weighted by molar-refractivity contribution is -0.137. The van der Waals surface area contributed by atoms with Gasteiger partial charge in [-0.2, -0.15) is 17.7 Å². The van der Waals surface area contributed by atoms with Crippen LogP contribution in [0.5, 0.6) is 0 Å². The molecular formula is C18H17F3N4OS. The predicted molar refractivity (Wildman–Crippen MR) is 97.4 cm³/mol. The van der Waals surface area contributed by atoms with E-state index in [9.17, 15) is 18.0 Å². The van der Waals surface area contributed by atoms with Gasteiger partial charge in [0.15, 0.2) is 0 Å². The topological polar surface area (TPSA) is 50.5 Å². The molecule has 0 bridgehead atoms. The van der Waals surface area contributed by atoms with Crippen molar-refractivity contribution in [2.75, 3.05) is 11.9 Å². The molecule has 4 rings (SSSR count). The van der Waals surface area contributed by atoms with E-state index in [0.29, 0.717) is 10.1 Å². The maximum atomic E-state index is 12.8. The fourth-order valence-corrected chi connectivity index (χ4v) is 4.63. The molecule has 0 saturated heterocycles. The average molecular weight is 394 g/mol. The lowest BCUT2D eigenvalue weighted by Crippen LogP contribution is -2.33. The molecule has 9 heteroatoms. The molecule has 0 amide bonds. The number of likely N-dealkylation sites (N-methyl/N-ethyl adjacent to an activating group) is 1. The number of fused-ring (bicyclic) bond motifs is 1. The average Bonchev–Trinajstić information content (AvgIpc) is 3.28. The van der Waals surface area contributed by atoms with Gasteiger partial charge in [-0.25, -0.2) is 4.98 Å². The first-order valence-electron chi connectivity index (χ1n) is 8.59. The minimum atomic E-state index is -4.33. The first kappa shape index (κ1) is 18.0. The molecule has 142 valence electrons. The van der Waals surface area contributed by atoms with Gasteiger partial charge in [-0.1, -0.05) is 29.9 Å².